The molecule has 122 valence electrons. The number of sulfone groups is 1. The van der Waals surface area contributed by atoms with Crippen LogP contribution in [0.2, 0.25) is 0 Å². The van der Waals surface area contributed by atoms with Crippen LogP contribution in [-0.2, 0) is 9.84 Å². The molecule has 23 heavy (non-hydrogen) atoms. The Hall–Kier alpha value is -1.99. The van der Waals surface area contributed by atoms with Gasteiger partial charge in [0.15, 0.2) is 14.9 Å². The molecule has 1 aromatic carbocycles. The molecule has 0 bridgehead atoms. The van der Waals surface area contributed by atoms with Gasteiger partial charge < -0.3 is 10.6 Å². The number of thiocarbonyl (C=S) groups is 1. The van der Waals surface area contributed by atoms with E-state index in [1.165, 1.54) is 6.26 Å². The predicted octanol–water partition coefficient (Wildman–Crippen LogP) is 2.92. The lowest BCUT2D eigenvalue weighted by Gasteiger charge is -2.20. The quantitative estimate of drug-likeness (QED) is 0.809. The van der Waals surface area contributed by atoms with Crippen LogP contribution in [0.3, 0.4) is 0 Å². The van der Waals surface area contributed by atoms with Gasteiger partial charge in [-0.3, -0.25) is 4.98 Å². The minimum atomic E-state index is -3.18. The Bertz CT molecular complexity index is 760. The molecule has 0 aliphatic rings. The van der Waals surface area contributed by atoms with Gasteiger partial charge in [0.25, 0.3) is 0 Å². The molecule has 0 unspecified atom stereocenters. The van der Waals surface area contributed by atoms with Gasteiger partial charge in [-0.15, -0.1) is 0 Å². The maximum atomic E-state index is 11.5. The molecule has 0 saturated heterocycles. The van der Waals surface area contributed by atoms with Crippen molar-refractivity contribution in [1.82, 2.24) is 10.3 Å². The topological polar surface area (TPSA) is 71.1 Å². The molecule has 0 aliphatic heterocycles. The first-order valence-electron chi connectivity index (χ1n) is 7.17. The van der Waals surface area contributed by atoms with E-state index in [1.807, 2.05) is 31.2 Å². The molecule has 0 radical (unpaired) electrons. The molecule has 2 aromatic rings. The largest absolute Gasteiger partial charge is 0.356 e. The van der Waals surface area contributed by atoms with Crippen molar-refractivity contribution in [2.24, 2.45) is 0 Å². The molecule has 0 fully saturated rings. The number of benzene rings is 1. The average Bonchev–Trinajstić information content (AvgIpc) is 2.53. The third-order valence-electron chi connectivity index (χ3n) is 3.36. The molecular formula is C16H19N3O2S2. The third kappa shape index (κ3) is 5.01. The van der Waals surface area contributed by atoms with Crippen LogP contribution in [0, 0.1) is 0 Å². The summed E-state index contributed by atoms with van der Waals surface area (Å²) in [6, 6.07) is 10.5. The van der Waals surface area contributed by atoms with Gasteiger partial charge >= 0.3 is 0 Å². The van der Waals surface area contributed by atoms with Crippen molar-refractivity contribution in [3.63, 3.8) is 0 Å². The van der Waals surface area contributed by atoms with Crippen LogP contribution in [0.4, 0.5) is 5.69 Å². The standard InChI is InChI=1S/C16H19N3O2S2/c1-3-15(12-4-6-14(7-5-12)23(2,20)21)19-16(22)18-13-8-10-17-11-9-13/h4-11,15H,3H2,1-2H3,(H2,17,18,19,22)/t15-/m0/s1. The van der Waals surface area contributed by atoms with Gasteiger partial charge in [0.1, 0.15) is 0 Å². The number of aromatic nitrogens is 1. The Labute approximate surface area is 142 Å². The molecule has 1 heterocycles. The highest BCUT2D eigenvalue weighted by atomic mass is 32.2. The highest BCUT2D eigenvalue weighted by Crippen LogP contribution is 2.19. The lowest BCUT2D eigenvalue weighted by molar-refractivity contribution is 0.601. The molecule has 2 N–H and O–H groups in total. The molecule has 2 rings (SSSR count). The second-order valence-electron chi connectivity index (χ2n) is 5.14. The summed E-state index contributed by atoms with van der Waals surface area (Å²) in [5.41, 5.74) is 1.85. The summed E-state index contributed by atoms with van der Waals surface area (Å²) in [5.74, 6) is 0. The van der Waals surface area contributed by atoms with Gasteiger partial charge in [0.2, 0.25) is 0 Å². The Kier molecular flexibility index (Phi) is 5.68. The normalized spacial score (nSPS) is 12.4. The first-order chi connectivity index (χ1) is 10.9. The smallest absolute Gasteiger partial charge is 0.175 e. The highest BCUT2D eigenvalue weighted by Gasteiger charge is 2.13. The Morgan fingerprint density at radius 3 is 2.30 bits per heavy atom. The summed E-state index contributed by atoms with van der Waals surface area (Å²) in [5, 5.41) is 6.85. The van der Waals surface area contributed by atoms with E-state index in [9.17, 15) is 8.42 Å². The van der Waals surface area contributed by atoms with Crippen molar-refractivity contribution in [3.8, 4) is 0 Å². The molecule has 0 saturated carbocycles. The van der Waals surface area contributed by atoms with Crippen molar-refractivity contribution in [2.45, 2.75) is 24.3 Å². The molecule has 5 nitrogen and oxygen atoms in total. The summed E-state index contributed by atoms with van der Waals surface area (Å²) in [6.07, 6.45) is 5.39. The van der Waals surface area contributed by atoms with Crippen LogP contribution >= 0.6 is 12.2 Å². The van der Waals surface area contributed by atoms with Crippen LogP contribution < -0.4 is 10.6 Å². The number of nitrogens with zero attached hydrogens (tertiary/aromatic N) is 1. The van der Waals surface area contributed by atoms with Crippen LogP contribution in [0.1, 0.15) is 24.9 Å². The zero-order chi connectivity index (χ0) is 16.9. The maximum absolute atomic E-state index is 11.5. The van der Waals surface area contributed by atoms with Gasteiger partial charge in [-0.1, -0.05) is 19.1 Å². The summed E-state index contributed by atoms with van der Waals surface area (Å²) >= 11 is 5.33. The first-order valence-corrected chi connectivity index (χ1v) is 9.47. The Morgan fingerprint density at radius 2 is 1.78 bits per heavy atom. The van der Waals surface area contributed by atoms with E-state index in [2.05, 4.69) is 15.6 Å². The van der Waals surface area contributed by atoms with E-state index in [0.29, 0.717) is 10.0 Å². The molecule has 0 amide bonds. The van der Waals surface area contributed by atoms with E-state index < -0.39 is 9.84 Å². The maximum Gasteiger partial charge on any atom is 0.175 e. The zero-order valence-electron chi connectivity index (χ0n) is 13.0. The van der Waals surface area contributed by atoms with Crippen LogP contribution in [0.5, 0.6) is 0 Å². The van der Waals surface area contributed by atoms with Crippen molar-refractivity contribution in [1.29, 1.82) is 0 Å². The van der Waals surface area contributed by atoms with Crippen molar-refractivity contribution < 1.29 is 8.42 Å². The SMILES string of the molecule is CC[C@H](NC(=S)Nc1ccncc1)c1ccc(S(C)(=O)=O)cc1. The lowest BCUT2D eigenvalue weighted by atomic mass is 10.1. The van der Waals surface area contributed by atoms with Gasteiger partial charge in [0, 0.05) is 24.3 Å². The van der Waals surface area contributed by atoms with E-state index in [0.717, 1.165) is 17.7 Å². The highest BCUT2D eigenvalue weighted by molar-refractivity contribution is 7.90. The fourth-order valence-electron chi connectivity index (χ4n) is 2.13. The summed E-state index contributed by atoms with van der Waals surface area (Å²) in [4.78, 5) is 4.27. The molecule has 1 atom stereocenters. The minimum Gasteiger partial charge on any atom is -0.356 e. The number of hydrogen-bond donors (Lipinski definition) is 2. The fourth-order valence-corrected chi connectivity index (χ4v) is 3.02. The van der Waals surface area contributed by atoms with Crippen molar-refractivity contribution in [2.75, 3.05) is 11.6 Å². The summed E-state index contributed by atoms with van der Waals surface area (Å²) in [7, 11) is -3.18. The minimum absolute atomic E-state index is 0.00504. The second-order valence-corrected chi connectivity index (χ2v) is 7.56. The number of rotatable bonds is 5. The van der Waals surface area contributed by atoms with E-state index >= 15 is 0 Å². The number of anilines is 1. The molecule has 1 aromatic heterocycles. The van der Waals surface area contributed by atoms with E-state index in [4.69, 9.17) is 12.2 Å². The molecular weight excluding hydrogens is 330 g/mol. The van der Waals surface area contributed by atoms with Crippen molar-refractivity contribution in [3.05, 3.63) is 54.4 Å². The zero-order valence-corrected chi connectivity index (χ0v) is 14.6. The van der Waals surface area contributed by atoms with E-state index in [1.54, 1.807) is 24.5 Å². The Morgan fingerprint density at radius 1 is 1.17 bits per heavy atom. The fraction of sp³-hybridized carbons (Fsp3) is 0.250. The number of nitrogens with one attached hydrogen (secondary N) is 2. The van der Waals surface area contributed by atoms with Crippen LogP contribution in [0.25, 0.3) is 0 Å². The van der Waals surface area contributed by atoms with Gasteiger partial charge in [-0.2, -0.15) is 0 Å². The molecule has 0 aliphatic carbocycles. The summed E-state index contributed by atoms with van der Waals surface area (Å²) < 4.78 is 23.0. The Balaban J connectivity index is 2.06. The van der Waals surface area contributed by atoms with E-state index in [-0.39, 0.29) is 6.04 Å². The number of pyridine rings is 1. The van der Waals surface area contributed by atoms with Crippen molar-refractivity contribution >= 4 is 32.9 Å². The number of hydrogen-bond acceptors (Lipinski definition) is 4. The third-order valence-corrected chi connectivity index (χ3v) is 4.71. The second kappa shape index (κ2) is 7.52. The van der Waals surface area contributed by atoms with Crippen LogP contribution in [-0.4, -0.2) is 24.8 Å². The summed E-state index contributed by atoms with van der Waals surface area (Å²) in [6.45, 7) is 2.04. The predicted molar refractivity (Wildman–Crippen MR) is 96.2 cm³/mol. The molecule has 0 spiro atoms. The van der Waals surface area contributed by atoms with Gasteiger partial charge in [-0.25, -0.2) is 8.42 Å². The monoisotopic (exact) mass is 349 g/mol. The first kappa shape index (κ1) is 17.4. The van der Waals surface area contributed by atoms with Gasteiger partial charge in [-0.05, 0) is 48.5 Å². The van der Waals surface area contributed by atoms with Crippen LogP contribution in [0.15, 0.2) is 53.7 Å². The van der Waals surface area contributed by atoms with Gasteiger partial charge in [0.05, 0.1) is 10.9 Å². The average molecular weight is 349 g/mol. The lowest BCUT2D eigenvalue weighted by Crippen LogP contribution is -2.32. The molecule has 7 heteroatoms.